The lowest BCUT2D eigenvalue weighted by Gasteiger charge is -2.25. The molecule has 1 unspecified atom stereocenters. The maximum Gasteiger partial charge on any atom is 0.234 e. The second-order valence-corrected chi connectivity index (χ2v) is 4.98. The number of carbonyl (C=O) groups is 1. The van der Waals surface area contributed by atoms with E-state index < -0.39 is 0 Å². The van der Waals surface area contributed by atoms with Crippen molar-refractivity contribution in [1.82, 2.24) is 10.6 Å². The van der Waals surface area contributed by atoms with E-state index in [0.717, 1.165) is 6.42 Å². The quantitative estimate of drug-likeness (QED) is 0.705. The molecule has 1 aliphatic heterocycles. The van der Waals surface area contributed by atoms with Crippen LogP contribution >= 0.6 is 0 Å². The summed E-state index contributed by atoms with van der Waals surface area (Å²) in [5.74, 6) is 0.0218. The van der Waals surface area contributed by atoms with E-state index in [1.54, 1.807) is 0 Å². The Morgan fingerprint density at radius 1 is 1.41 bits per heavy atom. The van der Waals surface area contributed by atoms with Gasteiger partial charge in [0, 0.05) is 12.1 Å². The van der Waals surface area contributed by atoms with Crippen molar-refractivity contribution in [2.24, 2.45) is 0 Å². The van der Waals surface area contributed by atoms with Crippen LogP contribution < -0.4 is 10.6 Å². The van der Waals surface area contributed by atoms with Crippen molar-refractivity contribution in [3.05, 3.63) is 0 Å². The summed E-state index contributed by atoms with van der Waals surface area (Å²) in [4.78, 5) is 11.6. The summed E-state index contributed by atoms with van der Waals surface area (Å²) >= 11 is 0. The molecule has 17 heavy (non-hydrogen) atoms. The number of rotatable bonds is 6. The van der Waals surface area contributed by atoms with Gasteiger partial charge in [0.1, 0.15) is 0 Å². The van der Waals surface area contributed by atoms with Gasteiger partial charge >= 0.3 is 0 Å². The second kappa shape index (κ2) is 6.93. The maximum atomic E-state index is 11.6. The largest absolute Gasteiger partial charge is 0.376 e. The molecule has 1 heterocycles. The standard InChI is InChI=1S/C12H24N2O3/c1-4-12(2,3)14-11(15)8-13-7-10-9-16-5-6-17-10/h10,13H,4-9H2,1-3H3,(H,14,15). The van der Waals surface area contributed by atoms with Gasteiger partial charge in [0.2, 0.25) is 5.91 Å². The fourth-order valence-electron chi connectivity index (χ4n) is 1.51. The smallest absolute Gasteiger partial charge is 0.234 e. The highest BCUT2D eigenvalue weighted by Crippen LogP contribution is 2.05. The molecule has 1 rings (SSSR count). The van der Waals surface area contributed by atoms with Crippen LogP contribution in [0.1, 0.15) is 27.2 Å². The molecule has 0 aromatic heterocycles. The lowest BCUT2D eigenvalue weighted by Crippen LogP contribution is -2.48. The number of hydrogen-bond acceptors (Lipinski definition) is 4. The van der Waals surface area contributed by atoms with Crippen LogP contribution in [0.15, 0.2) is 0 Å². The molecule has 5 heteroatoms. The second-order valence-electron chi connectivity index (χ2n) is 4.98. The Balaban J connectivity index is 2.11. The molecule has 0 aliphatic carbocycles. The van der Waals surface area contributed by atoms with Crippen molar-refractivity contribution in [2.45, 2.75) is 38.8 Å². The Kier molecular flexibility index (Phi) is 5.88. The summed E-state index contributed by atoms with van der Waals surface area (Å²) in [6, 6.07) is 0. The molecule has 1 saturated heterocycles. The highest BCUT2D eigenvalue weighted by Gasteiger charge is 2.18. The Morgan fingerprint density at radius 3 is 2.76 bits per heavy atom. The Labute approximate surface area is 103 Å². The van der Waals surface area contributed by atoms with Crippen molar-refractivity contribution in [3.8, 4) is 0 Å². The number of ether oxygens (including phenoxy) is 2. The maximum absolute atomic E-state index is 11.6. The molecule has 0 saturated carbocycles. The average molecular weight is 244 g/mol. The molecule has 0 aromatic rings. The van der Waals surface area contributed by atoms with Crippen LogP contribution in [0.2, 0.25) is 0 Å². The van der Waals surface area contributed by atoms with Gasteiger partial charge in [-0.2, -0.15) is 0 Å². The van der Waals surface area contributed by atoms with E-state index in [-0.39, 0.29) is 17.6 Å². The van der Waals surface area contributed by atoms with Crippen molar-refractivity contribution in [2.75, 3.05) is 32.9 Å². The minimum Gasteiger partial charge on any atom is -0.376 e. The zero-order chi connectivity index (χ0) is 12.7. The molecule has 1 aliphatic rings. The predicted octanol–water partition coefficient (Wildman–Crippen LogP) is 0.296. The molecular formula is C12H24N2O3. The zero-order valence-corrected chi connectivity index (χ0v) is 11.0. The van der Waals surface area contributed by atoms with Crippen molar-refractivity contribution < 1.29 is 14.3 Å². The fourth-order valence-corrected chi connectivity index (χ4v) is 1.51. The predicted molar refractivity (Wildman–Crippen MR) is 65.9 cm³/mol. The third kappa shape index (κ3) is 6.00. The molecule has 100 valence electrons. The molecule has 1 fully saturated rings. The minimum absolute atomic E-state index is 0.0218. The topological polar surface area (TPSA) is 59.6 Å². The van der Waals surface area contributed by atoms with Gasteiger partial charge in [-0.05, 0) is 20.3 Å². The zero-order valence-electron chi connectivity index (χ0n) is 11.0. The molecule has 5 nitrogen and oxygen atoms in total. The number of nitrogens with one attached hydrogen (secondary N) is 2. The highest BCUT2D eigenvalue weighted by molar-refractivity contribution is 5.78. The minimum atomic E-state index is -0.136. The van der Waals surface area contributed by atoms with Gasteiger partial charge in [-0.3, -0.25) is 4.79 Å². The first-order chi connectivity index (χ1) is 8.03. The fraction of sp³-hybridized carbons (Fsp3) is 0.917. The molecule has 0 aromatic carbocycles. The summed E-state index contributed by atoms with van der Waals surface area (Å²) in [5.41, 5.74) is -0.136. The molecule has 2 N–H and O–H groups in total. The van der Waals surface area contributed by atoms with Crippen LogP contribution in [-0.2, 0) is 14.3 Å². The number of hydrogen-bond donors (Lipinski definition) is 2. The third-order valence-electron chi connectivity index (χ3n) is 2.90. The molecular weight excluding hydrogens is 220 g/mol. The summed E-state index contributed by atoms with van der Waals surface area (Å²) < 4.78 is 10.7. The van der Waals surface area contributed by atoms with Crippen LogP contribution in [-0.4, -0.2) is 50.5 Å². The average Bonchev–Trinajstić information content (AvgIpc) is 2.30. The van der Waals surface area contributed by atoms with Gasteiger partial charge < -0.3 is 20.1 Å². The first-order valence-corrected chi connectivity index (χ1v) is 6.24. The molecule has 1 amide bonds. The van der Waals surface area contributed by atoms with Gasteiger partial charge in [-0.15, -0.1) is 0 Å². The molecule has 0 bridgehead atoms. The van der Waals surface area contributed by atoms with Gasteiger partial charge in [0.15, 0.2) is 0 Å². The van der Waals surface area contributed by atoms with Crippen molar-refractivity contribution in [1.29, 1.82) is 0 Å². The SMILES string of the molecule is CCC(C)(C)NC(=O)CNCC1COCCO1. The lowest BCUT2D eigenvalue weighted by atomic mass is 10.0. The number of carbonyl (C=O) groups excluding carboxylic acids is 1. The van der Waals surface area contributed by atoms with Crippen LogP contribution in [0.4, 0.5) is 0 Å². The Bertz CT molecular complexity index is 238. The van der Waals surface area contributed by atoms with Gasteiger partial charge in [-0.1, -0.05) is 6.92 Å². The van der Waals surface area contributed by atoms with E-state index in [4.69, 9.17) is 9.47 Å². The van der Waals surface area contributed by atoms with E-state index in [0.29, 0.717) is 32.9 Å². The van der Waals surface area contributed by atoms with Crippen LogP contribution in [0, 0.1) is 0 Å². The van der Waals surface area contributed by atoms with Gasteiger partial charge in [-0.25, -0.2) is 0 Å². The molecule has 1 atom stereocenters. The highest BCUT2D eigenvalue weighted by atomic mass is 16.6. The van der Waals surface area contributed by atoms with Crippen LogP contribution in [0.5, 0.6) is 0 Å². The van der Waals surface area contributed by atoms with E-state index >= 15 is 0 Å². The van der Waals surface area contributed by atoms with Gasteiger partial charge in [0.25, 0.3) is 0 Å². The monoisotopic (exact) mass is 244 g/mol. The van der Waals surface area contributed by atoms with E-state index in [2.05, 4.69) is 17.6 Å². The first kappa shape index (κ1) is 14.4. The summed E-state index contributed by atoms with van der Waals surface area (Å²) in [6.45, 7) is 8.98. The first-order valence-electron chi connectivity index (χ1n) is 6.24. The van der Waals surface area contributed by atoms with Crippen molar-refractivity contribution >= 4 is 5.91 Å². The van der Waals surface area contributed by atoms with Crippen LogP contribution in [0.3, 0.4) is 0 Å². The van der Waals surface area contributed by atoms with Gasteiger partial charge in [0.05, 0.1) is 32.5 Å². The lowest BCUT2D eigenvalue weighted by molar-refractivity contribution is -0.122. The Hall–Kier alpha value is -0.650. The summed E-state index contributed by atoms with van der Waals surface area (Å²) in [7, 11) is 0. The van der Waals surface area contributed by atoms with Crippen LogP contribution in [0.25, 0.3) is 0 Å². The van der Waals surface area contributed by atoms with E-state index in [1.807, 2.05) is 13.8 Å². The summed E-state index contributed by atoms with van der Waals surface area (Å²) in [6.07, 6.45) is 0.980. The molecule has 0 radical (unpaired) electrons. The number of amides is 1. The van der Waals surface area contributed by atoms with Crippen molar-refractivity contribution in [3.63, 3.8) is 0 Å². The summed E-state index contributed by atoms with van der Waals surface area (Å²) in [5, 5.41) is 6.05. The van der Waals surface area contributed by atoms with E-state index in [9.17, 15) is 4.79 Å². The Morgan fingerprint density at radius 2 is 2.18 bits per heavy atom. The van der Waals surface area contributed by atoms with E-state index in [1.165, 1.54) is 0 Å². The molecule has 0 spiro atoms. The third-order valence-corrected chi connectivity index (χ3v) is 2.90. The normalized spacial score (nSPS) is 21.2.